The first-order valence-corrected chi connectivity index (χ1v) is 6.89. The van der Waals surface area contributed by atoms with Gasteiger partial charge in [-0.15, -0.1) is 0 Å². The second-order valence-corrected chi connectivity index (χ2v) is 4.82. The van der Waals surface area contributed by atoms with Crippen molar-refractivity contribution in [3.63, 3.8) is 0 Å². The minimum Gasteiger partial charge on any atom is -0.507 e. The standard InChI is InChI=1S/C15H20N2O4/c1-5-15(3,20-6-2)14-16-13(21-17-14)11-9-10(19-4)7-8-12(11)18/h7-9,18H,5-6H2,1-4H3. The molecule has 1 unspecified atom stereocenters. The molecule has 0 bridgehead atoms. The van der Waals surface area contributed by atoms with Crippen LogP contribution < -0.4 is 4.74 Å². The number of benzene rings is 1. The van der Waals surface area contributed by atoms with Crippen LogP contribution in [0.3, 0.4) is 0 Å². The van der Waals surface area contributed by atoms with Crippen molar-refractivity contribution in [1.82, 2.24) is 10.1 Å². The fraction of sp³-hybridized carbons (Fsp3) is 0.467. The van der Waals surface area contributed by atoms with Crippen LogP contribution in [0.1, 0.15) is 33.0 Å². The van der Waals surface area contributed by atoms with Crippen LogP contribution in [0.15, 0.2) is 22.7 Å². The summed E-state index contributed by atoms with van der Waals surface area (Å²) in [4.78, 5) is 4.36. The summed E-state index contributed by atoms with van der Waals surface area (Å²) < 4.78 is 16.1. The lowest BCUT2D eigenvalue weighted by Gasteiger charge is -2.23. The SMILES string of the molecule is CCOC(C)(CC)c1noc(-c2cc(OC)ccc2O)n1. The Hall–Kier alpha value is -2.08. The highest BCUT2D eigenvalue weighted by atomic mass is 16.5. The Morgan fingerprint density at radius 1 is 1.33 bits per heavy atom. The van der Waals surface area contributed by atoms with Crippen LogP contribution in [0.5, 0.6) is 11.5 Å². The van der Waals surface area contributed by atoms with Crippen molar-refractivity contribution in [2.75, 3.05) is 13.7 Å². The Kier molecular flexibility index (Phi) is 4.47. The van der Waals surface area contributed by atoms with Crippen LogP contribution in [0, 0.1) is 0 Å². The summed E-state index contributed by atoms with van der Waals surface area (Å²) in [5.74, 6) is 1.36. The average Bonchev–Trinajstić information content (AvgIpc) is 2.98. The van der Waals surface area contributed by atoms with E-state index in [0.717, 1.165) is 0 Å². The molecule has 2 rings (SSSR count). The molecule has 0 fully saturated rings. The Labute approximate surface area is 123 Å². The molecule has 0 aliphatic rings. The van der Waals surface area contributed by atoms with Crippen LogP contribution in [0.25, 0.3) is 11.5 Å². The number of ether oxygens (including phenoxy) is 2. The second-order valence-electron chi connectivity index (χ2n) is 4.82. The molecule has 6 nitrogen and oxygen atoms in total. The normalized spacial score (nSPS) is 13.9. The van der Waals surface area contributed by atoms with Gasteiger partial charge in [0, 0.05) is 6.61 Å². The molecule has 6 heteroatoms. The van der Waals surface area contributed by atoms with E-state index < -0.39 is 5.60 Å². The number of nitrogens with zero attached hydrogens (tertiary/aromatic N) is 2. The van der Waals surface area contributed by atoms with E-state index in [1.54, 1.807) is 19.2 Å². The molecule has 0 saturated carbocycles. The topological polar surface area (TPSA) is 77.6 Å². The molecule has 0 aliphatic carbocycles. The number of phenolic OH excluding ortho intramolecular Hbond substituents is 1. The number of methoxy groups -OCH3 is 1. The van der Waals surface area contributed by atoms with Crippen LogP contribution >= 0.6 is 0 Å². The lowest BCUT2D eigenvalue weighted by atomic mass is 10.0. The number of hydrogen-bond acceptors (Lipinski definition) is 6. The molecule has 21 heavy (non-hydrogen) atoms. The summed E-state index contributed by atoms with van der Waals surface area (Å²) in [6.07, 6.45) is 0.712. The molecular weight excluding hydrogens is 272 g/mol. The number of aromatic nitrogens is 2. The van der Waals surface area contributed by atoms with E-state index in [2.05, 4.69) is 10.1 Å². The van der Waals surface area contributed by atoms with Crippen molar-refractivity contribution >= 4 is 0 Å². The zero-order chi connectivity index (χ0) is 15.5. The molecule has 1 N–H and O–H groups in total. The van der Waals surface area contributed by atoms with Gasteiger partial charge in [0.05, 0.1) is 12.7 Å². The van der Waals surface area contributed by atoms with E-state index in [9.17, 15) is 5.11 Å². The second kappa shape index (κ2) is 6.13. The molecule has 0 aliphatic heterocycles. The Morgan fingerprint density at radius 2 is 2.10 bits per heavy atom. The maximum Gasteiger partial charge on any atom is 0.261 e. The third-order valence-electron chi connectivity index (χ3n) is 3.47. The van der Waals surface area contributed by atoms with Crippen molar-refractivity contribution in [3.8, 4) is 23.0 Å². The Bertz CT molecular complexity index is 611. The quantitative estimate of drug-likeness (QED) is 0.881. The van der Waals surface area contributed by atoms with Gasteiger partial charge in [0.15, 0.2) is 0 Å². The summed E-state index contributed by atoms with van der Waals surface area (Å²) in [7, 11) is 1.55. The first-order valence-electron chi connectivity index (χ1n) is 6.89. The van der Waals surface area contributed by atoms with Crippen molar-refractivity contribution in [2.45, 2.75) is 32.8 Å². The number of rotatable bonds is 6. The molecule has 1 heterocycles. The average molecular weight is 292 g/mol. The Morgan fingerprint density at radius 3 is 2.71 bits per heavy atom. The van der Waals surface area contributed by atoms with Crippen LogP contribution in [0.2, 0.25) is 0 Å². The predicted molar refractivity (Wildman–Crippen MR) is 77.2 cm³/mol. The first-order chi connectivity index (χ1) is 10.0. The van der Waals surface area contributed by atoms with Gasteiger partial charge in [-0.05, 0) is 38.5 Å². The minimum absolute atomic E-state index is 0.0561. The van der Waals surface area contributed by atoms with Crippen molar-refractivity contribution in [1.29, 1.82) is 0 Å². The van der Waals surface area contributed by atoms with Gasteiger partial charge in [0.1, 0.15) is 17.1 Å². The van der Waals surface area contributed by atoms with E-state index in [1.807, 2.05) is 20.8 Å². The number of aromatic hydroxyl groups is 1. The zero-order valence-electron chi connectivity index (χ0n) is 12.7. The summed E-state index contributed by atoms with van der Waals surface area (Å²) in [6.45, 7) is 6.38. The molecular formula is C15H20N2O4. The third-order valence-corrected chi connectivity index (χ3v) is 3.47. The molecule has 2 aromatic rings. The summed E-state index contributed by atoms with van der Waals surface area (Å²) in [6, 6.07) is 4.84. The van der Waals surface area contributed by atoms with Gasteiger partial charge in [-0.1, -0.05) is 12.1 Å². The van der Waals surface area contributed by atoms with E-state index in [0.29, 0.717) is 30.2 Å². The highest BCUT2D eigenvalue weighted by molar-refractivity contribution is 5.64. The fourth-order valence-corrected chi connectivity index (χ4v) is 2.00. The predicted octanol–water partition coefficient (Wildman–Crippen LogP) is 3.11. The van der Waals surface area contributed by atoms with Gasteiger partial charge >= 0.3 is 0 Å². The third kappa shape index (κ3) is 3.00. The fourth-order valence-electron chi connectivity index (χ4n) is 2.00. The molecule has 114 valence electrons. The minimum atomic E-state index is -0.606. The van der Waals surface area contributed by atoms with Crippen LogP contribution in [0.4, 0.5) is 0 Å². The Balaban J connectivity index is 2.40. The van der Waals surface area contributed by atoms with E-state index >= 15 is 0 Å². The molecule has 1 aromatic carbocycles. The smallest absolute Gasteiger partial charge is 0.261 e. The van der Waals surface area contributed by atoms with Crippen LogP contribution in [-0.2, 0) is 10.3 Å². The molecule has 0 radical (unpaired) electrons. The van der Waals surface area contributed by atoms with Crippen molar-refractivity contribution in [2.24, 2.45) is 0 Å². The van der Waals surface area contributed by atoms with Crippen molar-refractivity contribution < 1.29 is 19.1 Å². The van der Waals surface area contributed by atoms with Gasteiger partial charge in [-0.3, -0.25) is 0 Å². The first kappa shape index (κ1) is 15.3. The molecule has 0 saturated heterocycles. The zero-order valence-corrected chi connectivity index (χ0v) is 12.7. The van der Waals surface area contributed by atoms with E-state index in [1.165, 1.54) is 6.07 Å². The highest BCUT2D eigenvalue weighted by Crippen LogP contribution is 2.34. The largest absolute Gasteiger partial charge is 0.507 e. The molecule has 1 aromatic heterocycles. The van der Waals surface area contributed by atoms with Gasteiger partial charge in [0.25, 0.3) is 5.89 Å². The van der Waals surface area contributed by atoms with E-state index in [-0.39, 0.29) is 11.6 Å². The van der Waals surface area contributed by atoms with Gasteiger partial charge in [-0.2, -0.15) is 4.98 Å². The molecule has 0 spiro atoms. The van der Waals surface area contributed by atoms with Crippen LogP contribution in [-0.4, -0.2) is 29.0 Å². The molecule has 0 amide bonds. The summed E-state index contributed by atoms with van der Waals surface area (Å²) in [5, 5.41) is 13.9. The monoisotopic (exact) mass is 292 g/mol. The maximum absolute atomic E-state index is 9.94. The summed E-state index contributed by atoms with van der Waals surface area (Å²) in [5.41, 5.74) is -0.173. The molecule has 1 atom stereocenters. The van der Waals surface area contributed by atoms with Gasteiger partial charge in [-0.25, -0.2) is 0 Å². The number of phenols is 1. The summed E-state index contributed by atoms with van der Waals surface area (Å²) >= 11 is 0. The number of hydrogen-bond donors (Lipinski definition) is 1. The van der Waals surface area contributed by atoms with E-state index in [4.69, 9.17) is 14.0 Å². The van der Waals surface area contributed by atoms with Gasteiger partial charge < -0.3 is 19.1 Å². The van der Waals surface area contributed by atoms with Crippen molar-refractivity contribution in [3.05, 3.63) is 24.0 Å². The maximum atomic E-state index is 9.94. The lowest BCUT2D eigenvalue weighted by Crippen LogP contribution is -2.26. The van der Waals surface area contributed by atoms with Gasteiger partial charge in [0.2, 0.25) is 5.82 Å². The lowest BCUT2D eigenvalue weighted by molar-refractivity contribution is -0.0403. The highest BCUT2D eigenvalue weighted by Gasteiger charge is 2.31.